The highest BCUT2D eigenvalue weighted by Crippen LogP contribution is 2.33. The van der Waals surface area contributed by atoms with E-state index >= 15 is 0 Å². The van der Waals surface area contributed by atoms with Crippen molar-refractivity contribution < 1.29 is 14.3 Å². The zero-order chi connectivity index (χ0) is 13.4. The van der Waals surface area contributed by atoms with Crippen LogP contribution in [0.2, 0.25) is 0 Å². The predicted octanol–water partition coefficient (Wildman–Crippen LogP) is 4.15. The van der Waals surface area contributed by atoms with E-state index in [1.165, 1.54) is 11.8 Å². The van der Waals surface area contributed by atoms with E-state index in [0.717, 1.165) is 26.8 Å². The fourth-order valence-electron chi connectivity index (χ4n) is 2.03. The summed E-state index contributed by atoms with van der Waals surface area (Å²) in [7, 11) is 0. The van der Waals surface area contributed by atoms with Crippen LogP contribution in [0.25, 0.3) is 21.9 Å². The molecule has 1 N–H and O–H groups in total. The second-order valence-electron chi connectivity index (χ2n) is 4.35. The lowest BCUT2D eigenvalue weighted by Gasteiger charge is -2.05. The summed E-state index contributed by atoms with van der Waals surface area (Å²) in [6, 6.07) is 13.6. The van der Waals surface area contributed by atoms with E-state index in [2.05, 4.69) is 0 Å². The van der Waals surface area contributed by atoms with E-state index < -0.39 is 11.2 Å². The molecular formula is C15H12O3S. The van der Waals surface area contributed by atoms with Crippen molar-refractivity contribution in [2.24, 2.45) is 0 Å². The Labute approximate surface area is 114 Å². The van der Waals surface area contributed by atoms with Gasteiger partial charge in [0.15, 0.2) is 0 Å². The van der Waals surface area contributed by atoms with Crippen molar-refractivity contribution >= 4 is 39.7 Å². The number of fused-ring (bicyclic) bond motifs is 3. The normalized spacial score (nSPS) is 12.9. The summed E-state index contributed by atoms with van der Waals surface area (Å²) in [5.41, 5.74) is 1.68. The third-order valence-electron chi connectivity index (χ3n) is 3.01. The lowest BCUT2D eigenvalue weighted by Crippen LogP contribution is -2.10. The number of hydrogen-bond donors (Lipinski definition) is 1. The van der Waals surface area contributed by atoms with Gasteiger partial charge >= 0.3 is 5.97 Å². The molecule has 2 aromatic carbocycles. The highest BCUT2D eigenvalue weighted by Gasteiger charge is 2.14. The van der Waals surface area contributed by atoms with E-state index in [9.17, 15) is 4.79 Å². The van der Waals surface area contributed by atoms with Gasteiger partial charge in [-0.25, -0.2) is 0 Å². The molecule has 1 unspecified atom stereocenters. The minimum absolute atomic E-state index is 0.462. The van der Waals surface area contributed by atoms with Crippen molar-refractivity contribution in [3.8, 4) is 0 Å². The molecular weight excluding hydrogens is 260 g/mol. The van der Waals surface area contributed by atoms with Gasteiger partial charge < -0.3 is 9.52 Å². The first-order chi connectivity index (χ1) is 9.15. The zero-order valence-electron chi connectivity index (χ0n) is 10.3. The van der Waals surface area contributed by atoms with Crippen LogP contribution in [0.1, 0.15) is 6.92 Å². The van der Waals surface area contributed by atoms with E-state index in [1.54, 1.807) is 6.92 Å². The van der Waals surface area contributed by atoms with Crippen LogP contribution in [0.3, 0.4) is 0 Å². The second-order valence-corrected chi connectivity index (χ2v) is 5.77. The van der Waals surface area contributed by atoms with Crippen LogP contribution in [0, 0.1) is 0 Å². The van der Waals surface area contributed by atoms with Gasteiger partial charge in [0.25, 0.3) is 0 Å². The van der Waals surface area contributed by atoms with Gasteiger partial charge in [0.1, 0.15) is 16.4 Å². The Balaban J connectivity index is 2.09. The maximum absolute atomic E-state index is 10.9. The van der Waals surface area contributed by atoms with Crippen molar-refractivity contribution in [3.63, 3.8) is 0 Å². The Morgan fingerprint density at radius 2 is 1.89 bits per heavy atom. The van der Waals surface area contributed by atoms with E-state index in [1.807, 2.05) is 42.5 Å². The topological polar surface area (TPSA) is 50.4 Å². The van der Waals surface area contributed by atoms with Gasteiger partial charge in [0.05, 0.1) is 0 Å². The largest absolute Gasteiger partial charge is 0.480 e. The number of furan rings is 1. The fourth-order valence-corrected chi connectivity index (χ4v) is 2.87. The van der Waals surface area contributed by atoms with Crippen LogP contribution >= 0.6 is 11.8 Å². The van der Waals surface area contributed by atoms with Crippen molar-refractivity contribution in [1.29, 1.82) is 0 Å². The molecule has 4 heteroatoms. The van der Waals surface area contributed by atoms with Crippen molar-refractivity contribution in [3.05, 3.63) is 42.5 Å². The number of para-hydroxylation sites is 1. The molecule has 1 aromatic heterocycles. The third kappa shape index (κ3) is 2.19. The van der Waals surface area contributed by atoms with Crippen molar-refractivity contribution in [2.45, 2.75) is 17.1 Å². The monoisotopic (exact) mass is 272 g/mol. The number of hydrogen-bond acceptors (Lipinski definition) is 3. The first-order valence-corrected chi connectivity index (χ1v) is 6.84. The van der Waals surface area contributed by atoms with E-state index in [-0.39, 0.29) is 0 Å². The molecule has 0 amide bonds. The average molecular weight is 272 g/mol. The molecule has 0 aliphatic rings. The molecule has 0 radical (unpaired) electrons. The minimum Gasteiger partial charge on any atom is -0.480 e. The van der Waals surface area contributed by atoms with Gasteiger partial charge in [0, 0.05) is 15.7 Å². The standard InChI is InChI=1S/C15H12O3S/c1-9(15(16)17)19-10-6-7-14-12(8-10)11-4-2-3-5-13(11)18-14/h2-9H,1H3,(H,16,17). The molecule has 19 heavy (non-hydrogen) atoms. The Morgan fingerprint density at radius 1 is 1.16 bits per heavy atom. The average Bonchev–Trinajstić information content (AvgIpc) is 2.76. The van der Waals surface area contributed by atoms with Gasteiger partial charge in [-0.2, -0.15) is 0 Å². The summed E-state index contributed by atoms with van der Waals surface area (Å²) in [4.78, 5) is 11.8. The molecule has 3 aromatic rings. The first-order valence-electron chi connectivity index (χ1n) is 5.96. The van der Waals surface area contributed by atoms with Crippen LogP contribution in [-0.2, 0) is 4.79 Å². The number of carboxylic acids is 1. The summed E-state index contributed by atoms with van der Waals surface area (Å²) < 4.78 is 5.73. The number of carboxylic acid groups (broad SMARTS) is 1. The zero-order valence-corrected chi connectivity index (χ0v) is 11.1. The molecule has 3 rings (SSSR count). The van der Waals surface area contributed by atoms with Crippen molar-refractivity contribution in [2.75, 3.05) is 0 Å². The fraction of sp³-hybridized carbons (Fsp3) is 0.133. The summed E-state index contributed by atoms with van der Waals surface area (Å²) in [6.45, 7) is 1.69. The lowest BCUT2D eigenvalue weighted by atomic mass is 10.1. The minimum atomic E-state index is -0.804. The predicted molar refractivity (Wildman–Crippen MR) is 76.7 cm³/mol. The van der Waals surface area contributed by atoms with Crippen LogP contribution < -0.4 is 0 Å². The smallest absolute Gasteiger partial charge is 0.316 e. The molecule has 1 heterocycles. The molecule has 0 spiro atoms. The molecule has 0 saturated carbocycles. The number of thioether (sulfide) groups is 1. The molecule has 1 atom stereocenters. The maximum atomic E-state index is 10.9. The van der Waals surface area contributed by atoms with E-state index in [0.29, 0.717) is 0 Å². The highest BCUT2D eigenvalue weighted by atomic mass is 32.2. The lowest BCUT2D eigenvalue weighted by molar-refractivity contribution is -0.136. The molecule has 0 bridgehead atoms. The van der Waals surface area contributed by atoms with Gasteiger partial charge in [-0.15, -0.1) is 11.8 Å². The van der Waals surface area contributed by atoms with Gasteiger partial charge in [-0.1, -0.05) is 18.2 Å². The molecule has 0 fully saturated rings. The second kappa shape index (κ2) is 4.63. The molecule has 3 nitrogen and oxygen atoms in total. The van der Waals surface area contributed by atoms with Gasteiger partial charge in [0.2, 0.25) is 0 Å². The van der Waals surface area contributed by atoms with Crippen molar-refractivity contribution in [1.82, 2.24) is 0 Å². The Hall–Kier alpha value is -1.94. The maximum Gasteiger partial charge on any atom is 0.316 e. The Kier molecular flexibility index (Phi) is 2.95. The van der Waals surface area contributed by atoms with Crippen LogP contribution in [0.5, 0.6) is 0 Å². The van der Waals surface area contributed by atoms with E-state index in [4.69, 9.17) is 9.52 Å². The quantitative estimate of drug-likeness (QED) is 0.728. The summed E-state index contributed by atoms with van der Waals surface area (Å²) >= 11 is 1.34. The molecule has 0 aliphatic carbocycles. The number of rotatable bonds is 3. The van der Waals surface area contributed by atoms with Gasteiger partial charge in [-0.3, -0.25) is 4.79 Å². The Morgan fingerprint density at radius 3 is 2.68 bits per heavy atom. The number of benzene rings is 2. The first kappa shape index (κ1) is 12.1. The number of aliphatic carboxylic acids is 1. The molecule has 0 aliphatic heterocycles. The van der Waals surface area contributed by atoms with Gasteiger partial charge in [-0.05, 0) is 31.2 Å². The summed E-state index contributed by atoms with van der Waals surface area (Å²) in [5, 5.41) is 10.6. The molecule has 96 valence electrons. The van der Waals surface area contributed by atoms with Crippen LogP contribution in [0.4, 0.5) is 0 Å². The summed E-state index contributed by atoms with van der Waals surface area (Å²) in [6.07, 6.45) is 0. The summed E-state index contributed by atoms with van der Waals surface area (Å²) in [5.74, 6) is -0.804. The van der Waals surface area contributed by atoms with Crippen LogP contribution in [0.15, 0.2) is 51.8 Å². The SMILES string of the molecule is CC(Sc1ccc2oc3ccccc3c2c1)C(=O)O. The Bertz CT molecular complexity index is 760. The molecule has 0 saturated heterocycles. The number of carbonyl (C=O) groups is 1. The third-order valence-corrected chi connectivity index (χ3v) is 4.09. The van der Waals surface area contributed by atoms with Crippen LogP contribution in [-0.4, -0.2) is 16.3 Å². The highest BCUT2D eigenvalue weighted by molar-refractivity contribution is 8.00.